The largest absolute Gasteiger partial charge is 0.486 e. The van der Waals surface area contributed by atoms with Crippen LogP contribution in [0.3, 0.4) is 0 Å². The molecular formula is C18H22N4O3. The molecule has 3 rings (SSSR count). The molecule has 0 saturated carbocycles. The van der Waals surface area contributed by atoms with Crippen LogP contribution in [0.2, 0.25) is 0 Å². The number of nitrogens with zero attached hydrogens (tertiary/aromatic N) is 2. The number of para-hydroxylation sites is 1. The van der Waals surface area contributed by atoms with Crippen molar-refractivity contribution >= 4 is 11.7 Å². The molecule has 0 spiro atoms. The van der Waals surface area contributed by atoms with Crippen LogP contribution in [0.1, 0.15) is 11.3 Å². The van der Waals surface area contributed by atoms with Gasteiger partial charge in [0.15, 0.2) is 11.5 Å². The fourth-order valence-corrected chi connectivity index (χ4v) is 2.59. The number of amides is 2. The number of aromatic nitrogens is 1. The fourth-order valence-electron chi connectivity index (χ4n) is 2.59. The van der Waals surface area contributed by atoms with E-state index in [0.717, 1.165) is 11.3 Å². The van der Waals surface area contributed by atoms with Crippen LogP contribution in [-0.2, 0) is 13.1 Å². The number of urea groups is 1. The third-order valence-corrected chi connectivity index (χ3v) is 3.64. The van der Waals surface area contributed by atoms with Gasteiger partial charge >= 0.3 is 6.03 Å². The Hall–Kier alpha value is -2.80. The summed E-state index contributed by atoms with van der Waals surface area (Å²) in [6, 6.07) is 9.01. The molecule has 2 heterocycles. The number of nitrogens with one attached hydrogen (secondary N) is 2. The second-order valence-electron chi connectivity index (χ2n) is 6.02. The van der Waals surface area contributed by atoms with Gasteiger partial charge in [-0.2, -0.15) is 0 Å². The lowest BCUT2D eigenvalue weighted by atomic mass is 10.1. The second-order valence-corrected chi connectivity index (χ2v) is 6.02. The van der Waals surface area contributed by atoms with E-state index < -0.39 is 0 Å². The predicted octanol–water partition coefficient (Wildman–Crippen LogP) is 2.24. The summed E-state index contributed by atoms with van der Waals surface area (Å²) < 4.78 is 11.2. The van der Waals surface area contributed by atoms with E-state index in [-0.39, 0.29) is 6.03 Å². The summed E-state index contributed by atoms with van der Waals surface area (Å²) in [4.78, 5) is 18.5. The maximum atomic E-state index is 12.2. The van der Waals surface area contributed by atoms with E-state index in [9.17, 15) is 4.79 Å². The van der Waals surface area contributed by atoms with E-state index in [0.29, 0.717) is 43.5 Å². The summed E-state index contributed by atoms with van der Waals surface area (Å²) in [5.41, 5.74) is 2.49. The molecule has 2 amide bonds. The van der Waals surface area contributed by atoms with Crippen molar-refractivity contribution in [3.05, 3.63) is 47.8 Å². The number of anilines is 1. The van der Waals surface area contributed by atoms with Crippen LogP contribution in [0.15, 0.2) is 36.5 Å². The first-order chi connectivity index (χ1) is 12.1. The van der Waals surface area contributed by atoms with Crippen molar-refractivity contribution in [1.82, 2.24) is 15.2 Å². The molecule has 0 atom stereocenters. The maximum Gasteiger partial charge on any atom is 0.319 e. The van der Waals surface area contributed by atoms with Crippen LogP contribution in [0.25, 0.3) is 0 Å². The van der Waals surface area contributed by atoms with Gasteiger partial charge in [0.25, 0.3) is 0 Å². The molecule has 7 heteroatoms. The molecule has 0 radical (unpaired) electrons. The number of hydrogen-bond acceptors (Lipinski definition) is 5. The van der Waals surface area contributed by atoms with Gasteiger partial charge in [-0.1, -0.05) is 12.1 Å². The van der Waals surface area contributed by atoms with Crippen molar-refractivity contribution in [3.8, 4) is 11.5 Å². The minimum atomic E-state index is -0.281. The Bertz CT molecular complexity index is 749. The third kappa shape index (κ3) is 4.60. The summed E-state index contributed by atoms with van der Waals surface area (Å²) in [7, 11) is 3.95. The quantitative estimate of drug-likeness (QED) is 0.871. The summed E-state index contributed by atoms with van der Waals surface area (Å²) in [6.45, 7) is 2.13. The smallest absolute Gasteiger partial charge is 0.319 e. The number of pyridine rings is 1. The molecule has 132 valence electrons. The predicted molar refractivity (Wildman–Crippen MR) is 94.9 cm³/mol. The molecule has 2 N–H and O–H groups in total. The normalized spacial score (nSPS) is 12.8. The number of benzene rings is 1. The minimum Gasteiger partial charge on any atom is -0.486 e. The molecule has 1 aromatic carbocycles. The van der Waals surface area contributed by atoms with Crippen LogP contribution >= 0.6 is 0 Å². The SMILES string of the molecule is CN(C)Cc1cc(NC(=O)NCc2cccc3c2OCCO3)ccn1. The number of hydrogen-bond donors (Lipinski definition) is 2. The van der Waals surface area contributed by atoms with Gasteiger partial charge in [0.2, 0.25) is 0 Å². The number of carbonyl (C=O) groups excluding carboxylic acids is 1. The molecule has 0 unspecified atom stereocenters. The highest BCUT2D eigenvalue weighted by molar-refractivity contribution is 5.89. The highest BCUT2D eigenvalue weighted by atomic mass is 16.6. The van der Waals surface area contributed by atoms with Gasteiger partial charge < -0.3 is 25.0 Å². The number of ether oxygens (including phenoxy) is 2. The van der Waals surface area contributed by atoms with Crippen molar-refractivity contribution in [2.45, 2.75) is 13.1 Å². The van der Waals surface area contributed by atoms with E-state index in [4.69, 9.17) is 9.47 Å². The van der Waals surface area contributed by atoms with Crippen LogP contribution in [0.5, 0.6) is 11.5 Å². The van der Waals surface area contributed by atoms with Gasteiger partial charge in [-0.05, 0) is 32.3 Å². The topological polar surface area (TPSA) is 75.7 Å². The molecule has 0 aliphatic carbocycles. The molecule has 1 aliphatic heterocycles. The van der Waals surface area contributed by atoms with Crippen molar-refractivity contribution in [3.63, 3.8) is 0 Å². The molecule has 0 bridgehead atoms. The van der Waals surface area contributed by atoms with Crippen LogP contribution in [0, 0.1) is 0 Å². The zero-order valence-corrected chi connectivity index (χ0v) is 14.4. The van der Waals surface area contributed by atoms with E-state index in [1.165, 1.54) is 0 Å². The standard InChI is InChI=1S/C18H22N4O3/c1-22(2)12-15-10-14(6-7-19-15)21-18(23)20-11-13-4-3-5-16-17(13)25-9-8-24-16/h3-7,10H,8-9,11-12H2,1-2H3,(H2,19,20,21,23). The second kappa shape index (κ2) is 7.85. The Morgan fingerprint density at radius 2 is 2.08 bits per heavy atom. The van der Waals surface area contributed by atoms with E-state index in [1.807, 2.05) is 43.3 Å². The van der Waals surface area contributed by atoms with Gasteiger partial charge in [-0.25, -0.2) is 4.79 Å². The summed E-state index contributed by atoms with van der Waals surface area (Å²) in [6.07, 6.45) is 1.69. The van der Waals surface area contributed by atoms with Gasteiger partial charge in [0, 0.05) is 30.5 Å². The monoisotopic (exact) mass is 342 g/mol. The lowest BCUT2D eigenvalue weighted by Gasteiger charge is -2.21. The Morgan fingerprint density at radius 1 is 1.24 bits per heavy atom. The Kier molecular flexibility index (Phi) is 5.35. The van der Waals surface area contributed by atoms with Gasteiger partial charge in [0.05, 0.1) is 5.69 Å². The first kappa shape index (κ1) is 17.0. The van der Waals surface area contributed by atoms with Crippen LogP contribution in [0.4, 0.5) is 10.5 Å². The van der Waals surface area contributed by atoms with Crippen molar-refractivity contribution < 1.29 is 14.3 Å². The highest BCUT2D eigenvalue weighted by Crippen LogP contribution is 2.33. The molecule has 1 aliphatic rings. The fraction of sp³-hybridized carbons (Fsp3) is 0.333. The molecule has 25 heavy (non-hydrogen) atoms. The van der Waals surface area contributed by atoms with E-state index in [2.05, 4.69) is 15.6 Å². The van der Waals surface area contributed by atoms with E-state index in [1.54, 1.807) is 12.3 Å². The van der Waals surface area contributed by atoms with Gasteiger partial charge in [-0.3, -0.25) is 4.98 Å². The molecular weight excluding hydrogens is 320 g/mol. The first-order valence-corrected chi connectivity index (χ1v) is 8.14. The van der Waals surface area contributed by atoms with Crippen molar-refractivity contribution in [2.75, 3.05) is 32.6 Å². The first-order valence-electron chi connectivity index (χ1n) is 8.14. The van der Waals surface area contributed by atoms with Crippen molar-refractivity contribution in [1.29, 1.82) is 0 Å². The number of rotatable bonds is 5. The average Bonchev–Trinajstić information content (AvgIpc) is 2.59. The van der Waals surface area contributed by atoms with Crippen LogP contribution < -0.4 is 20.1 Å². The molecule has 7 nitrogen and oxygen atoms in total. The minimum absolute atomic E-state index is 0.281. The average molecular weight is 342 g/mol. The lowest BCUT2D eigenvalue weighted by Crippen LogP contribution is -2.29. The third-order valence-electron chi connectivity index (χ3n) is 3.64. The van der Waals surface area contributed by atoms with Crippen LogP contribution in [-0.4, -0.2) is 43.2 Å². The maximum absolute atomic E-state index is 12.2. The lowest BCUT2D eigenvalue weighted by molar-refractivity contribution is 0.169. The Morgan fingerprint density at radius 3 is 2.92 bits per heavy atom. The zero-order chi connectivity index (χ0) is 17.6. The highest BCUT2D eigenvalue weighted by Gasteiger charge is 2.15. The summed E-state index contributed by atoms with van der Waals surface area (Å²) in [5.74, 6) is 1.42. The molecule has 0 saturated heterocycles. The van der Waals surface area contributed by atoms with Gasteiger partial charge in [0.1, 0.15) is 13.2 Å². The number of fused-ring (bicyclic) bond motifs is 1. The molecule has 2 aromatic rings. The molecule has 0 fully saturated rings. The zero-order valence-electron chi connectivity index (χ0n) is 14.4. The summed E-state index contributed by atoms with van der Waals surface area (Å²) in [5, 5.41) is 5.67. The summed E-state index contributed by atoms with van der Waals surface area (Å²) >= 11 is 0. The number of carbonyl (C=O) groups is 1. The Balaban J connectivity index is 1.59. The Labute approximate surface area is 147 Å². The van der Waals surface area contributed by atoms with Gasteiger partial charge in [-0.15, -0.1) is 0 Å². The van der Waals surface area contributed by atoms with E-state index >= 15 is 0 Å². The van der Waals surface area contributed by atoms with Crippen molar-refractivity contribution in [2.24, 2.45) is 0 Å². The molecule has 1 aromatic heterocycles.